The van der Waals surface area contributed by atoms with E-state index in [2.05, 4.69) is 29.7 Å². The van der Waals surface area contributed by atoms with Gasteiger partial charge >= 0.3 is 0 Å². The number of nitrogens with one attached hydrogen (secondary N) is 1. The first-order valence-corrected chi connectivity index (χ1v) is 3.25. The van der Waals surface area contributed by atoms with Crippen molar-refractivity contribution in [3.05, 3.63) is 0 Å². The molecule has 0 spiro atoms. The molecule has 0 aromatic rings. The van der Waals surface area contributed by atoms with Gasteiger partial charge in [-0.3, -0.25) is 5.43 Å². The van der Waals surface area contributed by atoms with Gasteiger partial charge in [-0.1, -0.05) is 13.3 Å². The molecule has 0 heterocycles. The number of unbranched alkanes of at least 4 members (excludes halogenated alkanes) is 1. The molecular formula is C5H11N3S. The van der Waals surface area contributed by atoms with Gasteiger partial charge in [-0.15, -0.1) is 0 Å². The van der Waals surface area contributed by atoms with Gasteiger partial charge in [-0.05, 0) is 18.6 Å². The molecule has 9 heavy (non-hydrogen) atoms. The van der Waals surface area contributed by atoms with Crippen molar-refractivity contribution in [3.8, 4) is 0 Å². The Morgan fingerprint density at radius 3 is 3.00 bits per heavy atom. The van der Waals surface area contributed by atoms with Crippen LogP contribution in [0.1, 0.15) is 19.8 Å². The van der Waals surface area contributed by atoms with Crippen LogP contribution in [0.5, 0.6) is 0 Å². The van der Waals surface area contributed by atoms with Crippen LogP contribution in [0.4, 0.5) is 0 Å². The molecular weight excluding hydrogens is 134 g/mol. The number of rotatable bonds is 3. The van der Waals surface area contributed by atoms with Crippen LogP contribution in [0, 0.1) is 0 Å². The van der Waals surface area contributed by atoms with E-state index in [1.54, 1.807) is 6.21 Å². The Bertz CT molecular complexity index is 111. The summed E-state index contributed by atoms with van der Waals surface area (Å²) in [4.78, 5) is 0. The third-order valence-corrected chi connectivity index (χ3v) is 0.775. The van der Waals surface area contributed by atoms with E-state index in [1.807, 2.05) is 0 Å². The van der Waals surface area contributed by atoms with Crippen LogP contribution < -0.4 is 11.2 Å². The van der Waals surface area contributed by atoms with Crippen LogP contribution >= 0.6 is 12.2 Å². The van der Waals surface area contributed by atoms with Crippen LogP contribution in [0.3, 0.4) is 0 Å². The molecule has 0 aliphatic heterocycles. The molecule has 0 aliphatic carbocycles. The molecule has 3 N–H and O–H groups in total. The monoisotopic (exact) mass is 145 g/mol. The highest BCUT2D eigenvalue weighted by molar-refractivity contribution is 7.80. The van der Waals surface area contributed by atoms with Crippen molar-refractivity contribution in [2.75, 3.05) is 0 Å². The van der Waals surface area contributed by atoms with Gasteiger partial charge in [0.2, 0.25) is 0 Å². The second kappa shape index (κ2) is 5.50. The number of thiocarbonyl (C=S) groups is 1. The highest BCUT2D eigenvalue weighted by Gasteiger charge is 1.76. The fourth-order valence-corrected chi connectivity index (χ4v) is 0.356. The van der Waals surface area contributed by atoms with Crippen molar-refractivity contribution in [2.24, 2.45) is 10.8 Å². The van der Waals surface area contributed by atoms with E-state index in [-0.39, 0.29) is 5.11 Å². The lowest BCUT2D eigenvalue weighted by Crippen LogP contribution is -2.23. The van der Waals surface area contributed by atoms with Gasteiger partial charge in [0.25, 0.3) is 0 Å². The zero-order valence-corrected chi connectivity index (χ0v) is 6.24. The van der Waals surface area contributed by atoms with Crippen LogP contribution in [-0.4, -0.2) is 11.3 Å². The SMILES string of the molecule is CCC/C=N\NC(N)=S. The lowest BCUT2D eigenvalue weighted by molar-refractivity contribution is 0.971. The van der Waals surface area contributed by atoms with Crippen LogP contribution in [-0.2, 0) is 0 Å². The second-order valence-electron chi connectivity index (χ2n) is 1.58. The zero-order chi connectivity index (χ0) is 7.11. The zero-order valence-electron chi connectivity index (χ0n) is 5.42. The standard InChI is InChI=1S/C5H11N3S/c1-2-3-4-7-8-5(6)9/h4H,2-3H2,1H3,(H3,6,8,9)/b7-4-. The first kappa shape index (κ1) is 8.36. The molecule has 0 bridgehead atoms. The van der Waals surface area contributed by atoms with Crippen molar-refractivity contribution in [3.63, 3.8) is 0 Å². The van der Waals surface area contributed by atoms with Crippen molar-refractivity contribution >= 4 is 23.5 Å². The third kappa shape index (κ3) is 7.36. The number of nitrogens with two attached hydrogens (primary N) is 1. The molecule has 0 saturated carbocycles. The number of hydrogen-bond donors (Lipinski definition) is 2. The summed E-state index contributed by atoms with van der Waals surface area (Å²) in [5.74, 6) is 0. The van der Waals surface area contributed by atoms with E-state index in [0.29, 0.717) is 0 Å². The normalized spacial score (nSPS) is 9.89. The van der Waals surface area contributed by atoms with Gasteiger partial charge in [0.1, 0.15) is 0 Å². The summed E-state index contributed by atoms with van der Waals surface area (Å²) in [6, 6.07) is 0. The summed E-state index contributed by atoms with van der Waals surface area (Å²) in [6.45, 7) is 2.08. The summed E-state index contributed by atoms with van der Waals surface area (Å²) < 4.78 is 0. The molecule has 0 fully saturated rings. The van der Waals surface area contributed by atoms with Gasteiger partial charge in [-0.2, -0.15) is 5.10 Å². The fraction of sp³-hybridized carbons (Fsp3) is 0.600. The van der Waals surface area contributed by atoms with E-state index in [1.165, 1.54) is 0 Å². The minimum Gasteiger partial charge on any atom is -0.375 e. The molecule has 0 aliphatic rings. The lowest BCUT2D eigenvalue weighted by atomic mass is 10.4. The van der Waals surface area contributed by atoms with E-state index >= 15 is 0 Å². The topological polar surface area (TPSA) is 50.4 Å². The minimum absolute atomic E-state index is 0.211. The molecule has 0 atom stereocenters. The highest BCUT2D eigenvalue weighted by Crippen LogP contribution is 1.78. The van der Waals surface area contributed by atoms with Gasteiger partial charge in [0, 0.05) is 6.21 Å². The van der Waals surface area contributed by atoms with E-state index in [9.17, 15) is 0 Å². The Hall–Kier alpha value is -0.640. The Labute approximate surface area is 60.3 Å². The quantitative estimate of drug-likeness (QED) is 0.347. The maximum atomic E-state index is 5.08. The van der Waals surface area contributed by atoms with Crippen LogP contribution in [0.2, 0.25) is 0 Å². The average molecular weight is 145 g/mol. The van der Waals surface area contributed by atoms with Crippen LogP contribution in [0.15, 0.2) is 5.10 Å². The number of hydrogen-bond acceptors (Lipinski definition) is 2. The Kier molecular flexibility index (Phi) is 5.11. The van der Waals surface area contributed by atoms with Gasteiger partial charge < -0.3 is 5.73 Å². The van der Waals surface area contributed by atoms with E-state index in [0.717, 1.165) is 12.8 Å². The average Bonchev–Trinajstić information content (AvgIpc) is 1.80. The number of nitrogens with zero attached hydrogens (tertiary/aromatic N) is 1. The Morgan fingerprint density at radius 1 is 1.89 bits per heavy atom. The molecule has 52 valence electrons. The molecule has 4 heteroatoms. The number of hydrazone groups is 1. The van der Waals surface area contributed by atoms with E-state index in [4.69, 9.17) is 5.73 Å². The summed E-state index contributed by atoms with van der Waals surface area (Å²) in [7, 11) is 0. The minimum atomic E-state index is 0.211. The molecule has 0 amide bonds. The highest BCUT2D eigenvalue weighted by atomic mass is 32.1. The van der Waals surface area contributed by atoms with Crippen molar-refractivity contribution in [1.29, 1.82) is 0 Å². The maximum Gasteiger partial charge on any atom is 0.184 e. The summed E-state index contributed by atoms with van der Waals surface area (Å²) in [6.07, 6.45) is 3.79. The third-order valence-electron chi connectivity index (χ3n) is 0.684. The van der Waals surface area contributed by atoms with Crippen LogP contribution in [0.25, 0.3) is 0 Å². The van der Waals surface area contributed by atoms with Crippen molar-refractivity contribution in [2.45, 2.75) is 19.8 Å². The molecule has 0 saturated heterocycles. The molecule has 0 aromatic carbocycles. The lowest BCUT2D eigenvalue weighted by Gasteiger charge is -1.91. The predicted octanol–water partition coefficient (Wildman–Crippen LogP) is 0.606. The predicted molar refractivity (Wildman–Crippen MR) is 43.3 cm³/mol. The van der Waals surface area contributed by atoms with E-state index < -0.39 is 0 Å². The van der Waals surface area contributed by atoms with Gasteiger partial charge in [0.15, 0.2) is 5.11 Å². The Morgan fingerprint density at radius 2 is 2.56 bits per heavy atom. The largest absolute Gasteiger partial charge is 0.375 e. The fourth-order valence-electron chi connectivity index (χ4n) is 0.303. The summed E-state index contributed by atoms with van der Waals surface area (Å²) in [5, 5.41) is 3.93. The molecule has 0 unspecified atom stereocenters. The molecule has 0 rings (SSSR count). The molecule has 3 nitrogen and oxygen atoms in total. The maximum absolute atomic E-state index is 5.08. The first-order valence-electron chi connectivity index (χ1n) is 2.84. The smallest absolute Gasteiger partial charge is 0.184 e. The summed E-state index contributed by atoms with van der Waals surface area (Å²) in [5.41, 5.74) is 7.54. The summed E-state index contributed by atoms with van der Waals surface area (Å²) >= 11 is 4.50. The molecule has 0 radical (unpaired) electrons. The van der Waals surface area contributed by atoms with Crippen molar-refractivity contribution < 1.29 is 0 Å². The second-order valence-corrected chi connectivity index (χ2v) is 2.02. The molecule has 0 aromatic heterocycles. The Balaban J connectivity index is 3.14. The van der Waals surface area contributed by atoms with Gasteiger partial charge in [-0.25, -0.2) is 0 Å². The first-order chi connectivity index (χ1) is 4.27. The van der Waals surface area contributed by atoms with Crippen molar-refractivity contribution in [1.82, 2.24) is 5.43 Å². The van der Waals surface area contributed by atoms with Gasteiger partial charge in [0.05, 0.1) is 0 Å².